The summed E-state index contributed by atoms with van der Waals surface area (Å²) in [6.07, 6.45) is 2.05. The van der Waals surface area contributed by atoms with Gasteiger partial charge in [-0.15, -0.1) is 0 Å². The Labute approximate surface area is 108 Å². The highest BCUT2D eigenvalue weighted by Crippen LogP contribution is 2.16. The Bertz CT molecular complexity index is 455. The highest BCUT2D eigenvalue weighted by molar-refractivity contribution is 7.98. The SMILES string of the molecule is CC.CSc1ccc(-c2ccccc2)n[n+]1C. The van der Waals surface area contributed by atoms with Gasteiger partial charge in [-0.3, -0.25) is 0 Å². The summed E-state index contributed by atoms with van der Waals surface area (Å²) < 4.78 is 1.91. The molecule has 0 radical (unpaired) electrons. The van der Waals surface area contributed by atoms with Gasteiger partial charge in [0.2, 0.25) is 0 Å². The maximum absolute atomic E-state index is 4.51. The monoisotopic (exact) mass is 247 g/mol. The molecule has 2 aromatic rings. The fraction of sp³-hybridized carbons (Fsp3) is 0.286. The summed E-state index contributed by atoms with van der Waals surface area (Å²) in [6, 6.07) is 14.4. The van der Waals surface area contributed by atoms with Gasteiger partial charge < -0.3 is 0 Å². The van der Waals surface area contributed by atoms with E-state index < -0.39 is 0 Å². The molecule has 0 saturated heterocycles. The van der Waals surface area contributed by atoms with E-state index in [4.69, 9.17) is 0 Å². The Morgan fingerprint density at radius 1 is 1.00 bits per heavy atom. The van der Waals surface area contributed by atoms with E-state index in [9.17, 15) is 0 Å². The van der Waals surface area contributed by atoms with Crippen molar-refractivity contribution in [1.29, 1.82) is 0 Å². The van der Waals surface area contributed by atoms with Gasteiger partial charge in [-0.25, -0.2) is 0 Å². The van der Waals surface area contributed by atoms with Crippen molar-refractivity contribution in [2.24, 2.45) is 7.05 Å². The molecule has 17 heavy (non-hydrogen) atoms. The zero-order chi connectivity index (χ0) is 12.7. The van der Waals surface area contributed by atoms with E-state index in [-0.39, 0.29) is 0 Å². The van der Waals surface area contributed by atoms with Crippen molar-refractivity contribution in [2.45, 2.75) is 18.9 Å². The second kappa shape index (κ2) is 7.07. The van der Waals surface area contributed by atoms with Crippen LogP contribution in [0.2, 0.25) is 0 Å². The predicted molar refractivity (Wildman–Crippen MR) is 74.0 cm³/mol. The molecule has 0 spiro atoms. The molecule has 90 valence electrons. The number of thioether (sulfide) groups is 1. The average Bonchev–Trinajstić information content (AvgIpc) is 2.42. The lowest BCUT2D eigenvalue weighted by atomic mass is 10.1. The first kappa shape index (κ1) is 13.7. The Kier molecular flexibility index (Phi) is 5.70. The van der Waals surface area contributed by atoms with Crippen molar-refractivity contribution in [3.63, 3.8) is 0 Å². The summed E-state index contributed by atoms with van der Waals surface area (Å²) in [6.45, 7) is 4.00. The third-order valence-electron chi connectivity index (χ3n) is 2.24. The van der Waals surface area contributed by atoms with Gasteiger partial charge in [-0.2, -0.15) is 0 Å². The number of hydrogen-bond donors (Lipinski definition) is 0. The van der Waals surface area contributed by atoms with Crippen LogP contribution in [-0.4, -0.2) is 11.4 Å². The lowest BCUT2D eigenvalue weighted by molar-refractivity contribution is -0.764. The van der Waals surface area contributed by atoms with Gasteiger partial charge in [0.1, 0.15) is 5.69 Å². The van der Waals surface area contributed by atoms with Crippen molar-refractivity contribution in [3.8, 4) is 11.3 Å². The van der Waals surface area contributed by atoms with Crippen LogP contribution in [0.3, 0.4) is 0 Å². The van der Waals surface area contributed by atoms with Gasteiger partial charge in [0.15, 0.2) is 7.05 Å². The summed E-state index contributed by atoms with van der Waals surface area (Å²) in [4.78, 5) is 0. The second-order valence-corrected chi connectivity index (χ2v) is 4.08. The molecule has 0 unspecified atom stereocenters. The molecule has 0 aliphatic carbocycles. The van der Waals surface area contributed by atoms with E-state index >= 15 is 0 Å². The third kappa shape index (κ3) is 3.56. The number of rotatable bonds is 2. The van der Waals surface area contributed by atoms with E-state index in [0.717, 1.165) is 16.3 Å². The van der Waals surface area contributed by atoms with Gasteiger partial charge in [-0.1, -0.05) is 60.6 Å². The molecule has 2 rings (SSSR count). The van der Waals surface area contributed by atoms with Crippen LogP contribution in [0, 0.1) is 0 Å². The zero-order valence-electron chi connectivity index (χ0n) is 10.8. The Balaban J connectivity index is 0.000000686. The van der Waals surface area contributed by atoms with Crippen molar-refractivity contribution in [2.75, 3.05) is 6.26 Å². The maximum Gasteiger partial charge on any atom is 0.265 e. The Morgan fingerprint density at radius 2 is 1.65 bits per heavy atom. The second-order valence-electron chi connectivity index (χ2n) is 3.25. The molecule has 0 bridgehead atoms. The van der Waals surface area contributed by atoms with E-state index in [2.05, 4.69) is 35.6 Å². The highest BCUT2D eigenvalue weighted by atomic mass is 32.2. The quantitative estimate of drug-likeness (QED) is 0.598. The van der Waals surface area contributed by atoms with E-state index in [1.807, 2.05) is 43.8 Å². The lowest BCUT2D eigenvalue weighted by Crippen LogP contribution is -2.35. The largest absolute Gasteiger partial charge is 0.265 e. The molecular weight excluding hydrogens is 228 g/mol. The van der Waals surface area contributed by atoms with Gasteiger partial charge >= 0.3 is 0 Å². The van der Waals surface area contributed by atoms with Crippen LogP contribution >= 0.6 is 11.8 Å². The van der Waals surface area contributed by atoms with Crippen LogP contribution in [0.5, 0.6) is 0 Å². The molecule has 1 aromatic carbocycles. The lowest BCUT2D eigenvalue weighted by Gasteiger charge is -1.99. The first-order valence-electron chi connectivity index (χ1n) is 5.78. The number of aromatic nitrogens is 2. The molecular formula is C14H19N2S+. The summed E-state index contributed by atoms with van der Waals surface area (Å²) in [5.41, 5.74) is 2.16. The van der Waals surface area contributed by atoms with Gasteiger partial charge in [0, 0.05) is 16.7 Å². The van der Waals surface area contributed by atoms with Crippen molar-refractivity contribution in [1.82, 2.24) is 5.10 Å². The van der Waals surface area contributed by atoms with E-state index in [1.54, 1.807) is 11.8 Å². The normalized spacial score (nSPS) is 9.41. The van der Waals surface area contributed by atoms with Crippen molar-refractivity contribution < 1.29 is 4.68 Å². The summed E-state index contributed by atoms with van der Waals surface area (Å²) >= 11 is 1.70. The number of nitrogens with zero attached hydrogens (tertiary/aromatic N) is 2. The minimum Gasteiger partial charge on any atom is -0.0801 e. The molecule has 0 amide bonds. The average molecular weight is 247 g/mol. The molecule has 1 aromatic heterocycles. The van der Waals surface area contributed by atoms with Crippen molar-refractivity contribution in [3.05, 3.63) is 42.5 Å². The van der Waals surface area contributed by atoms with Crippen LogP contribution in [0.25, 0.3) is 11.3 Å². The molecule has 0 saturated carbocycles. The summed E-state index contributed by atoms with van der Waals surface area (Å²) in [5, 5.41) is 5.67. The topological polar surface area (TPSA) is 16.8 Å². The Morgan fingerprint density at radius 3 is 2.18 bits per heavy atom. The molecule has 0 aliphatic heterocycles. The first-order valence-corrected chi connectivity index (χ1v) is 7.00. The summed E-state index contributed by atoms with van der Waals surface area (Å²) in [7, 11) is 1.97. The molecule has 1 heterocycles. The Hall–Kier alpha value is -1.35. The molecule has 0 N–H and O–H groups in total. The fourth-order valence-corrected chi connectivity index (χ4v) is 1.97. The molecule has 2 nitrogen and oxygen atoms in total. The first-order chi connectivity index (χ1) is 8.31. The van der Waals surface area contributed by atoms with Gasteiger partial charge in [0.05, 0.1) is 0 Å². The van der Waals surface area contributed by atoms with Crippen LogP contribution in [0.1, 0.15) is 13.8 Å². The van der Waals surface area contributed by atoms with E-state index in [1.165, 1.54) is 0 Å². The summed E-state index contributed by atoms with van der Waals surface area (Å²) in [5.74, 6) is 0. The fourth-order valence-electron chi connectivity index (χ4n) is 1.47. The van der Waals surface area contributed by atoms with Gasteiger partial charge in [-0.05, 0) is 12.3 Å². The predicted octanol–water partition coefficient (Wildman–Crippen LogP) is 3.32. The third-order valence-corrected chi connectivity index (χ3v) is 3.06. The standard InChI is InChI=1S/C12H13N2S.C2H6/c1-14-12(15-2)9-8-11(13-14)10-6-4-3-5-7-10;1-2/h3-9H,1-2H3;1-2H3/q+1;. The minimum absolute atomic E-state index is 1.01. The maximum atomic E-state index is 4.51. The van der Waals surface area contributed by atoms with E-state index in [0.29, 0.717) is 0 Å². The smallest absolute Gasteiger partial charge is 0.0801 e. The molecule has 3 heteroatoms. The number of benzene rings is 1. The van der Waals surface area contributed by atoms with Crippen LogP contribution < -0.4 is 4.68 Å². The van der Waals surface area contributed by atoms with Crippen LogP contribution in [0.15, 0.2) is 47.5 Å². The molecule has 0 aliphatic rings. The minimum atomic E-state index is 1.01. The zero-order valence-corrected chi connectivity index (χ0v) is 11.7. The number of hydrogen-bond acceptors (Lipinski definition) is 2. The molecule has 0 fully saturated rings. The number of aryl methyl sites for hydroxylation is 1. The van der Waals surface area contributed by atoms with Crippen molar-refractivity contribution >= 4 is 11.8 Å². The van der Waals surface area contributed by atoms with Crippen LogP contribution in [0.4, 0.5) is 0 Å². The van der Waals surface area contributed by atoms with Gasteiger partial charge in [0.25, 0.3) is 5.03 Å². The highest BCUT2D eigenvalue weighted by Gasteiger charge is 2.09. The van der Waals surface area contributed by atoms with Crippen LogP contribution in [-0.2, 0) is 7.05 Å². The molecule has 0 atom stereocenters.